The van der Waals surface area contributed by atoms with Gasteiger partial charge in [0.05, 0.1) is 5.41 Å². The van der Waals surface area contributed by atoms with Crippen LogP contribution in [0.5, 0.6) is 0 Å². The quantitative estimate of drug-likeness (QED) is 0.517. The fourth-order valence-corrected chi connectivity index (χ4v) is 7.04. The van der Waals surface area contributed by atoms with Crippen molar-refractivity contribution in [1.82, 2.24) is 20.1 Å². The fourth-order valence-electron chi connectivity index (χ4n) is 7.04. The Balaban J connectivity index is 1.16. The molecule has 3 aliphatic heterocycles. The molecule has 4 heterocycles. The van der Waals surface area contributed by atoms with Crippen LogP contribution in [-0.4, -0.2) is 77.2 Å². The summed E-state index contributed by atoms with van der Waals surface area (Å²) in [6.07, 6.45) is 5.79. The average molecular weight is 559 g/mol. The van der Waals surface area contributed by atoms with E-state index in [1.165, 1.54) is 0 Å². The number of likely N-dealkylation sites (tertiary alicyclic amines) is 1. The Morgan fingerprint density at radius 2 is 1.93 bits per heavy atom. The molecule has 1 spiro atoms. The molecule has 216 valence electrons. The molecule has 1 aromatic carbocycles. The summed E-state index contributed by atoms with van der Waals surface area (Å²) in [5.41, 5.74) is 2.42. The highest BCUT2D eigenvalue weighted by molar-refractivity contribution is 6.06. The summed E-state index contributed by atoms with van der Waals surface area (Å²) in [5.74, 6) is 0.365. The Bertz CT molecular complexity index is 1390. The van der Waals surface area contributed by atoms with Crippen molar-refractivity contribution in [2.75, 3.05) is 43.4 Å². The van der Waals surface area contributed by atoms with Crippen molar-refractivity contribution in [1.29, 1.82) is 0 Å². The predicted molar refractivity (Wildman–Crippen MR) is 154 cm³/mol. The van der Waals surface area contributed by atoms with Crippen LogP contribution in [0.25, 0.3) is 0 Å². The summed E-state index contributed by atoms with van der Waals surface area (Å²) in [6.45, 7) is 6.17. The molecule has 0 saturated carbocycles. The van der Waals surface area contributed by atoms with Crippen LogP contribution < -0.4 is 16.0 Å². The first kappa shape index (κ1) is 27.4. The smallest absolute Gasteiger partial charge is 0.244 e. The lowest BCUT2D eigenvalue weighted by Gasteiger charge is -2.43. The van der Waals surface area contributed by atoms with Gasteiger partial charge in [0, 0.05) is 55.5 Å². The highest BCUT2D eigenvalue weighted by Gasteiger charge is 2.51. The number of hydrogen-bond donors (Lipinski definition) is 3. The Kier molecular flexibility index (Phi) is 7.05. The molecule has 2 aromatic rings. The van der Waals surface area contributed by atoms with Crippen molar-refractivity contribution in [2.24, 2.45) is 5.41 Å². The maximum absolute atomic E-state index is 14.0. The number of nitrogens with zero attached hydrogens (tertiary/aromatic N) is 3. The lowest BCUT2D eigenvalue weighted by atomic mass is 9.78. The molecule has 10 heteroatoms. The Morgan fingerprint density at radius 3 is 2.66 bits per heavy atom. The molecule has 10 nitrogen and oxygen atoms in total. The average Bonchev–Trinajstić information content (AvgIpc) is 3.48. The Morgan fingerprint density at radius 1 is 1.15 bits per heavy atom. The molecule has 1 aliphatic carbocycles. The minimum absolute atomic E-state index is 0.0139. The second-order valence-electron chi connectivity index (χ2n) is 12.3. The van der Waals surface area contributed by atoms with Crippen LogP contribution in [0, 0.1) is 5.41 Å². The molecule has 0 bridgehead atoms. The molecule has 2 atom stereocenters. The second-order valence-corrected chi connectivity index (χ2v) is 12.3. The van der Waals surface area contributed by atoms with E-state index < -0.39 is 10.8 Å². The maximum atomic E-state index is 14.0. The van der Waals surface area contributed by atoms with Crippen LogP contribution in [0.15, 0.2) is 36.5 Å². The van der Waals surface area contributed by atoms with E-state index in [1.54, 1.807) is 22.9 Å². The van der Waals surface area contributed by atoms with Crippen molar-refractivity contribution in [3.05, 3.63) is 53.2 Å². The summed E-state index contributed by atoms with van der Waals surface area (Å²) < 4.78 is 0. The highest BCUT2D eigenvalue weighted by atomic mass is 16.2. The second kappa shape index (κ2) is 10.6. The van der Waals surface area contributed by atoms with Gasteiger partial charge in [-0.25, -0.2) is 4.98 Å². The number of amides is 4. The summed E-state index contributed by atoms with van der Waals surface area (Å²) >= 11 is 0. The number of carbonyl (C=O) groups excluding carboxylic acids is 4. The molecular weight excluding hydrogens is 520 g/mol. The minimum Gasteiger partial charge on any atom is -0.343 e. The van der Waals surface area contributed by atoms with Gasteiger partial charge in [0.2, 0.25) is 23.6 Å². The summed E-state index contributed by atoms with van der Waals surface area (Å²) in [6, 6.07) is 9.58. The van der Waals surface area contributed by atoms with Crippen molar-refractivity contribution in [3.8, 4) is 0 Å². The van der Waals surface area contributed by atoms with E-state index in [0.717, 1.165) is 36.1 Å². The largest absolute Gasteiger partial charge is 0.343 e. The number of piperidine rings is 2. The summed E-state index contributed by atoms with van der Waals surface area (Å²) in [4.78, 5) is 60.2. The summed E-state index contributed by atoms with van der Waals surface area (Å²) in [5, 5.41) is 9.33. The normalized spacial score (nSPS) is 24.4. The van der Waals surface area contributed by atoms with Gasteiger partial charge in [-0.3, -0.25) is 19.2 Å². The number of anilines is 2. The molecule has 2 fully saturated rings. The van der Waals surface area contributed by atoms with E-state index in [4.69, 9.17) is 0 Å². The van der Waals surface area contributed by atoms with E-state index in [2.05, 4.69) is 20.9 Å². The SMILES string of the molecule is CC(=O)N1CCC(C)(C(=O)N(CC(=O)Nc2ccc3c(c2)C[C@@]2(C3)C(=O)Nc3ncccc32)[C@H]2CCCNC2)CC1. The molecule has 6 rings (SSSR count). The molecule has 0 radical (unpaired) electrons. The van der Waals surface area contributed by atoms with Gasteiger partial charge < -0.3 is 25.8 Å². The molecule has 4 aliphatic rings. The molecule has 2 saturated heterocycles. The van der Waals surface area contributed by atoms with Crippen LogP contribution in [0.3, 0.4) is 0 Å². The van der Waals surface area contributed by atoms with Crippen molar-refractivity contribution in [2.45, 2.75) is 63.8 Å². The number of nitrogens with one attached hydrogen (secondary N) is 3. The molecule has 4 amide bonds. The number of aromatic nitrogens is 1. The summed E-state index contributed by atoms with van der Waals surface area (Å²) in [7, 11) is 0. The standard InChI is InChI=1S/C31H38N6O4/c1-20(38)36-13-9-30(2,10-14-36)29(41)37(24-5-3-11-32-18-24)19-26(39)34-23-8-7-21-16-31(17-22(21)15-23)25-6-4-12-33-27(25)35-28(31)40/h4,6-8,12,15,24,32H,3,5,9-11,13-14,16-19H2,1-2H3,(H,34,39)(H,33,35,40)/t24-,31+/m0/s1. The lowest BCUT2D eigenvalue weighted by molar-refractivity contribution is -0.150. The van der Waals surface area contributed by atoms with Gasteiger partial charge in [0.15, 0.2) is 0 Å². The van der Waals surface area contributed by atoms with Gasteiger partial charge in [-0.15, -0.1) is 0 Å². The maximum Gasteiger partial charge on any atom is 0.244 e. The van der Waals surface area contributed by atoms with Gasteiger partial charge in [0.1, 0.15) is 12.4 Å². The van der Waals surface area contributed by atoms with E-state index in [1.807, 2.05) is 37.3 Å². The van der Waals surface area contributed by atoms with Gasteiger partial charge in [-0.05, 0) is 74.4 Å². The first-order chi connectivity index (χ1) is 19.7. The van der Waals surface area contributed by atoms with E-state index >= 15 is 0 Å². The number of rotatable bonds is 5. The van der Waals surface area contributed by atoms with Gasteiger partial charge >= 0.3 is 0 Å². The monoisotopic (exact) mass is 558 g/mol. The number of carbonyl (C=O) groups is 4. The molecule has 41 heavy (non-hydrogen) atoms. The van der Waals surface area contributed by atoms with Gasteiger partial charge in [-0.2, -0.15) is 0 Å². The number of benzene rings is 1. The van der Waals surface area contributed by atoms with Crippen molar-refractivity contribution >= 4 is 35.1 Å². The zero-order chi connectivity index (χ0) is 28.8. The van der Waals surface area contributed by atoms with Crippen LogP contribution in [0.1, 0.15) is 56.2 Å². The van der Waals surface area contributed by atoms with Crippen molar-refractivity contribution < 1.29 is 19.2 Å². The van der Waals surface area contributed by atoms with E-state index in [9.17, 15) is 19.2 Å². The third-order valence-electron chi connectivity index (χ3n) is 9.58. The topological polar surface area (TPSA) is 124 Å². The van der Waals surface area contributed by atoms with Crippen LogP contribution in [-0.2, 0) is 37.4 Å². The van der Waals surface area contributed by atoms with Crippen LogP contribution in [0.2, 0.25) is 0 Å². The fraction of sp³-hybridized carbons (Fsp3) is 0.516. The zero-order valence-electron chi connectivity index (χ0n) is 23.8. The highest BCUT2D eigenvalue weighted by Crippen LogP contribution is 2.47. The molecule has 0 unspecified atom stereocenters. The third-order valence-corrected chi connectivity index (χ3v) is 9.58. The first-order valence-corrected chi connectivity index (χ1v) is 14.6. The third kappa shape index (κ3) is 4.98. The zero-order valence-corrected chi connectivity index (χ0v) is 23.8. The number of pyridine rings is 1. The van der Waals surface area contributed by atoms with Crippen LogP contribution >= 0.6 is 0 Å². The number of fused-ring (bicyclic) bond motifs is 3. The molecule has 1 aromatic heterocycles. The Hall–Kier alpha value is -3.79. The van der Waals surface area contributed by atoms with E-state index in [-0.39, 0.29) is 36.2 Å². The first-order valence-electron chi connectivity index (χ1n) is 14.6. The predicted octanol–water partition coefficient (Wildman–Crippen LogP) is 2.24. The number of hydrogen-bond acceptors (Lipinski definition) is 6. The molecular formula is C31H38N6O4. The van der Waals surface area contributed by atoms with Gasteiger partial charge in [-0.1, -0.05) is 19.1 Å². The van der Waals surface area contributed by atoms with Gasteiger partial charge in [0.25, 0.3) is 0 Å². The van der Waals surface area contributed by atoms with E-state index in [0.29, 0.717) is 56.8 Å². The van der Waals surface area contributed by atoms with Crippen molar-refractivity contribution in [3.63, 3.8) is 0 Å². The lowest BCUT2D eigenvalue weighted by Crippen LogP contribution is -2.57. The van der Waals surface area contributed by atoms with Crippen LogP contribution in [0.4, 0.5) is 11.5 Å². The Labute approximate surface area is 240 Å². The molecule has 3 N–H and O–H groups in total. The minimum atomic E-state index is -0.667.